The van der Waals surface area contributed by atoms with Crippen LogP contribution in [0.15, 0.2) is 30.6 Å². The first kappa shape index (κ1) is 18.0. The number of nitrogens with zero attached hydrogens (tertiary/aromatic N) is 4. The molecule has 3 rings (SSSR count). The molecule has 6 heteroatoms. The molecule has 1 amide bonds. The van der Waals surface area contributed by atoms with Crippen LogP contribution in [0.5, 0.6) is 0 Å². The lowest BCUT2D eigenvalue weighted by Gasteiger charge is -2.18. The summed E-state index contributed by atoms with van der Waals surface area (Å²) in [5.74, 6) is 0.680. The maximum atomic E-state index is 13.1. The molecule has 1 aromatic carbocycles. The van der Waals surface area contributed by atoms with Gasteiger partial charge in [0.1, 0.15) is 12.2 Å². The minimum Gasteiger partial charge on any atom is -0.342 e. The zero-order chi connectivity index (χ0) is 18.7. The summed E-state index contributed by atoms with van der Waals surface area (Å²) < 4.78 is 1.82. The van der Waals surface area contributed by atoms with E-state index in [1.165, 1.54) is 11.9 Å². The Labute approximate surface area is 153 Å². The average Bonchev–Trinajstić information content (AvgIpc) is 3.13. The molecule has 0 aliphatic carbocycles. The van der Waals surface area contributed by atoms with E-state index in [2.05, 4.69) is 39.4 Å². The van der Waals surface area contributed by atoms with E-state index in [0.717, 1.165) is 41.8 Å². The highest BCUT2D eigenvalue weighted by Gasteiger charge is 2.20. The number of rotatable bonds is 6. The van der Waals surface area contributed by atoms with Crippen LogP contribution in [0.2, 0.25) is 0 Å². The van der Waals surface area contributed by atoms with Gasteiger partial charge in [-0.05, 0) is 50.5 Å². The number of hydrogen-bond acceptors (Lipinski definition) is 4. The molecule has 0 fully saturated rings. The predicted molar refractivity (Wildman–Crippen MR) is 102 cm³/mol. The van der Waals surface area contributed by atoms with Crippen LogP contribution in [-0.2, 0) is 13.0 Å². The Balaban J connectivity index is 1.98. The van der Waals surface area contributed by atoms with Gasteiger partial charge in [0, 0.05) is 17.6 Å². The molecule has 1 N–H and O–H groups in total. The normalized spacial score (nSPS) is 12.3. The van der Waals surface area contributed by atoms with Gasteiger partial charge in [0.2, 0.25) is 0 Å². The summed E-state index contributed by atoms with van der Waals surface area (Å²) in [5.41, 5.74) is 3.52. The van der Waals surface area contributed by atoms with E-state index in [1.54, 1.807) is 0 Å². The van der Waals surface area contributed by atoms with Crippen molar-refractivity contribution < 1.29 is 4.79 Å². The van der Waals surface area contributed by atoms with Gasteiger partial charge in [-0.15, -0.1) is 0 Å². The molecule has 0 unspecified atom stereocenters. The van der Waals surface area contributed by atoms with Crippen LogP contribution >= 0.6 is 0 Å². The third-order valence-corrected chi connectivity index (χ3v) is 4.62. The van der Waals surface area contributed by atoms with Gasteiger partial charge >= 0.3 is 0 Å². The molecule has 0 radical (unpaired) electrons. The van der Waals surface area contributed by atoms with Crippen molar-refractivity contribution in [3.63, 3.8) is 0 Å². The van der Waals surface area contributed by atoms with Crippen LogP contribution in [0.1, 0.15) is 60.7 Å². The lowest BCUT2D eigenvalue weighted by molar-refractivity contribution is 0.0934. The van der Waals surface area contributed by atoms with Crippen molar-refractivity contribution in [2.75, 3.05) is 0 Å². The number of pyridine rings is 1. The van der Waals surface area contributed by atoms with Gasteiger partial charge in [-0.1, -0.05) is 19.9 Å². The Kier molecular flexibility index (Phi) is 5.30. The van der Waals surface area contributed by atoms with Crippen molar-refractivity contribution in [2.24, 2.45) is 0 Å². The van der Waals surface area contributed by atoms with Gasteiger partial charge in [0.15, 0.2) is 0 Å². The average molecular weight is 351 g/mol. The van der Waals surface area contributed by atoms with Crippen LogP contribution in [0.3, 0.4) is 0 Å². The molecule has 0 saturated heterocycles. The quantitative estimate of drug-likeness (QED) is 0.736. The van der Waals surface area contributed by atoms with E-state index in [-0.39, 0.29) is 11.9 Å². The van der Waals surface area contributed by atoms with Gasteiger partial charge in [0.05, 0.1) is 17.1 Å². The largest absolute Gasteiger partial charge is 0.342 e. The first-order valence-corrected chi connectivity index (χ1v) is 9.16. The van der Waals surface area contributed by atoms with Crippen LogP contribution in [-0.4, -0.2) is 25.7 Å². The van der Waals surface area contributed by atoms with Crippen molar-refractivity contribution in [1.82, 2.24) is 25.1 Å². The fourth-order valence-electron chi connectivity index (χ4n) is 3.18. The first-order chi connectivity index (χ1) is 12.6. The SMILES string of the molecule is CCc1ccc2nc(C)cc(C(=O)N[C@@H](CC)c3ncnn3CC)c2c1. The van der Waals surface area contributed by atoms with Crippen LogP contribution in [0, 0.1) is 6.92 Å². The van der Waals surface area contributed by atoms with E-state index < -0.39 is 0 Å². The number of benzene rings is 1. The standard InChI is InChI=1S/C20H25N5O/c1-5-14-8-9-18-15(11-14)16(10-13(4)23-18)20(26)24-17(6-2)19-21-12-22-25(19)7-3/h8-12,17H,5-7H2,1-4H3,(H,24,26)/t17-/m0/s1. The Bertz CT molecular complexity index is 931. The number of aryl methyl sites for hydroxylation is 3. The summed E-state index contributed by atoms with van der Waals surface area (Å²) in [6, 6.07) is 7.79. The molecule has 0 spiro atoms. The summed E-state index contributed by atoms with van der Waals surface area (Å²) in [6.45, 7) is 8.78. The van der Waals surface area contributed by atoms with Crippen LogP contribution in [0.4, 0.5) is 0 Å². The molecular formula is C20H25N5O. The molecule has 2 heterocycles. The van der Waals surface area contributed by atoms with Gasteiger partial charge < -0.3 is 5.32 Å². The first-order valence-electron chi connectivity index (χ1n) is 9.16. The topological polar surface area (TPSA) is 72.7 Å². The highest BCUT2D eigenvalue weighted by molar-refractivity contribution is 6.06. The zero-order valence-corrected chi connectivity index (χ0v) is 15.8. The molecule has 0 saturated carbocycles. The van der Waals surface area contributed by atoms with E-state index in [1.807, 2.05) is 37.6 Å². The maximum Gasteiger partial charge on any atom is 0.252 e. The number of aromatic nitrogens is 4. The number of carbonyl (C=O) groups excluding carboxylic acids is 1. The fourth-order valence-corrected chi connectivity index (χ4v) is 3.18. The minimum atomic E-state index is -0.178. The highest BCUT2D eigenvalue weighted by Crippen LogP contribution is 2.22. The summed E-state index contributed by atoms with van der Waals surface area (Å²) in [5, 5.41) is 8.23. The molecule has 1 atom stereocenters. The highest BCUT2D eigenvalue weighted by atomic mass is 16.1. The second kappa shape index (κ2) is 7.64. The molecule has 136 valence electrons. The molecule has 3 aromatic rings. The smallest absolute Gasteiger partial charge is 0.252 e. The Morgan fingerprint density at radius 1 is 1.23 bits per heavy atom. The van der Waals surface area contributed by atoms with Gasteiger partial charge in [-0.25, -0.2) is 9.67 Å². The summed E-state index contributed by atoms with van der Waals surface area (Å²) in [7, 11) is 0. The lowest BCUT2D eigenvalue weighted by Crippen LogP contribution is -2.30. The molecule has 0 aliphatic heterocycles. The maximum absolute atomic E-state index is 13.1. The second-order valence-corrected chi connectivity index (χ2v) is 6.38. The molecule has 26 heavy (non-hydrogen) atoms. The Hall–Kier alpha value is -2.76. The van der Waals surface area contributed by atoms with E-state index in [0.29, 0.717) is 5.56 Å². The van der Waals surface area contributed by atoms with Crippen LogP contribution < -0.4 is 5.32 Å². The number of amides is 1. The molecule has 0 aliphatic rings. The molecule has 2 aromatic heterocycles. The molecule has 0 bridgehead atoms. The van der Waals surface area contributed by atoms with Crippen LogP contribution in [0.25, 0.3) is 10.9 Å². The number of fused-ring (bicyclic) bond motifs is 1. The predicted octanol–water partition coefficient (Wildman–Crippen LogP) is 3.60. The molecule has 6 nitrogen and oxygen atoms in total. The van der Waals surface area contributed by atoms with Gasteiger partial charge in [-0.2, -0.15) is 5.10 Å². The summed E-state index contributed by atoms with van der Waals surface area (Å²) in [6.07, 6.45) is 3.20. The molecular weight excluding hydrogens is 326 g/mol. The van der Waals surface area contributed by atoms with Gasteiger partial charge in [-0.3, -0.25) is 9.78 Å². The van der Waals surface area contributed by atoms with Crippen molar-refractivity contribution in [2.45, 2.75) is 53.1 Å². The second-order valence-electron chi connectivity index (χ2n) is 6.38. The third-order valence-electron chi connectivity index (χ3n) is 4.62. The number of hydrogen-bond donors (Lipinski definition) is 1. The lowest BCUT2D eigenvalue weighted by atomic mass is 10.0. The fraction of sp³-hybridized carbons (Fsp3) is 0.400. The van der Waals surface area contributed by atoms with E-state index in [9.17, 15) is 4.79 Å². The van der Waals surface area contributed by atoms with E-state index in [4.69, 9.17) is 0 Å². The van der Waals surface area contributed by atoms with Crippen molar-refractivity contribution in [3.05, 3.63) is 53.2 Å². The van der Waals surface area contributed by atoms with Crippen molar-refractivity contribution >= 4 is 16.8 Å². The van der Waals surface area contributed by atoms with Crippen molar-refractivity contribution in [3.8, 4) is 0 Å². The van der Waals surface area contributed by atoms with E-state index >= 15 is 0 Å². The van der Waals surface area contributed by atoms with Gasteiger partial charge in [0.25, 0.3) is 5.91 Å². The third kappa shape index (κ3) is 3.45. The number of carbonyl (C=O) groups is 1. The minimum absolute atomic E-state index is 0.105. The summed E-state index contributed by atoms with van der Waals surface area (Å²) in [4.78, 5) is 22.0. The zero-order valence-electron chi connectivity index (χ0n) is 15.8. The number of nitrogens with one attached hydrogen (secondary N) is 1. The monoisotopic (exact) mass is 351 g/mol. The Morgan fingerprint density at radius 2 is 2.04 bits per heavy atom. The van der Waals surface area contributed by atoms with Crippen molar-refractivity contribution in [1.29, 1.82) is 0 Å². The Morgan fingerprint density at radius 3 is 2.73 bits per heavy atom. The summed E-state index contributed by atoms with van der Waals surface area (Å²) >= 11 is 0.